The third-order valence-corrected chi connectivity index (χ3v) is 6.71. The van der Waals surface area contributed by atoms with Crippen LogP contribution in [0.3, 0.4) is 0 Å². The Kier molecular flexibility index (Phi) is 12.0. The number of hydrogen-bond acceptors (Lipinski definition) is 5. The summed E-state index contributed by atoms with van der Waals surface area (Å²) in [6.07, 6.45) is 0.302. The quantitative estimate of drug-likeness (QED) is 0.276. The van der Waals surface area contributed by atoms with E-state index in [4.69, 9.17) is 9.47 Å². The molecule has 1 saturated heterocycles. The maximum Gasteiger partial charge on any atom is 0.333 e. The minimum atomic E-state index is -1.16. The second-order valence-electron chi connectivity index (χ2n) is 9.19. The summed E-state index contributed by atoms with van der Waals surface area (Å²) in [5.74, 6) is -2.11. The third kappa shape index (κ3) is 8.22. The molecule has 1 heterocycles. The fourth-order valence-electron chi connectivity index (χ4n) is 4.86. The minimum absolute atomic E-state index is 0. The highest BCUT2D eigenvalue weighted by atomic mass is 35.5. The van der Waals surface area contributed by atoms with E-state index < -0.39 is 29.5 Å². The van der Waals surface area contributed by atoms with Crippen molar-refractivity contribution in [1.82, 2.24) is 10.2 Å². The molecule has 11 heteroatoms. The van der Waals surface area contributed by atoms with Gasteiger partial charge in [-0.3, -0.25) is 4.90 Å². The highest BCUT2D eigenvalue weighted by Gasteiger charge is 2.55. The molecule has 4 atom stereocenters. The van der Waals surface area contributed by atoms with Gasteiger partial charge in [0.15, 0.2) is 17.7 Å². The Morgan fingerprint density at radius 3 is 2.35 bits per heavy atom. The summed E-state index contributed by atoms with van der Waals surface area (Å²) in [4.78, 5) is 13.3. The van der Waals surface area contributed by atoms with E-state index in [0.29, 0.717) is 43.6 Å². The number of carboxylic acids is 1. The summed E-state index contributed by atoms with van der Waals surface area (Å²) in [6, 6.07) is 9.38. The van der Waals surface area contributed by atoms with Crippen molar-refractivity contribution >= 4 is 30.8 Å². The summed E-state index contributed by atoms with van der Waals surface area (Å²) in [5.41, 5.74) is 1.07. The number of halogens is 5. The van der Waals surface area contributed by atoms with Crippen molar-refractivity contribution in [3.8, 4) is 5.75 Å². The molecule has 2 aromatic rings. The van der Waals surface area contributed by atoms with Crippen molar-refractivity contribution < 1.29 is 32.5 Å². The van der Waals surface area contributed by atoms with Gasteiger partial charge in [-0.2, -0.15) is 0 Å². The predicted octanol–water partition coefficient (Wildman–Crippen LogP) is 4.47. The van der Waals surface area contributed by atoms with Crippen molar-refractivity contribution in [2.45, 2.75) is 38.5 Å². The largest absolute Gasteiger partial charge is 0.494 e. The molecule has 1 saturated carbocycles. The Morgan fingerprint density at radius 2 is 1.73 bits per heavy atom. The van der Waals surface area contributed by atoms with Gasteiger partial charge in [-0.25, -0.2) is 18.0 Å². The number of carboxylic acid groups (broad SMARTS) is 1. The number of nitrogens with one attached hydrogen (secondary N) is 1. The number of rotatable bonds is 13. The molecular weight excluding hydrogens is 532 g/mol. The Bertz CT molecular complexity index is 1020. The fourth-order valence-corrected chi connectivity index (χ4v) is 4.86. The van der Waals surface area contributed by atoms with E-state index in [2.05, 4.69) is 10.2 Å². The molecule has 0 spiro atoms. The van der Waals surface area contributed by atoms with Crippen molar-refractivity contribution in [3.05, 3.63) is 65.0 Å². The number of fused-ring (bicyclic) bond motifs is 1. The van der Waals surface area contributed by atoms with Crippen molar-refractivity contribution in [2.75, 3.05) is 32.8 Å². The second kappa shape index (κ2) is 14.2. The topological polar surface area (TPSA) is 71.0 Å². The molecule has 1 aliphatic carbocycles. The zero-order valence-electron chi connectivity index (χ0n) is 20.5. The van der Waals surface area contributed by atoms with Crippen LogP contribution in [0.4, 0.5) is 13.2 Å². The molecule has 2 fully saturated rings. The monoisotopic (exact) mass is 564 g/mol. The smallest absolute Gasteiger partial charge is 0.333 e. The van der Waals surface area contributed by atoms with Crippen molar-refractivity contribution in [2.24, 2.45) is 11.8 Å². The molecule has 4 rings (SSSR count). The van der Waals surface area contributed by atoms with Crippen molar-refractivity contribution in [3.63, 3.8) is 0 Å². The van der Waals surface area contributed by atoms with Crippen LogP contribution < -0.4 is 10.1 Å². The van der Waals surface area contributed by atoms with E-state index in [1.165, 1.54) is 0 Å². The minimum Gasteiger partial charge on any atom is -0.494 e. The van der Waals surface area contributed by atoms with Gasteiger partial charge in [0.05, 0.1) is 6.61 Å². The van der Waals surface area contributed by atoms with Gasteiger partial charge in [-0.05, 0) is 55.5 Å². The van der Waals surface area contributed by atoms with Crippen LogP contribution in [-0.2, 0) is 22.5 Å². The molecule has 1 unspecified atom stereocenters. The molecule has 0 amide bonds. The number of piperidine rings is 1. The lowest BCUT2D eigenvalue weighted by Crippen LogP contribution is -2.32. The summed E-state index contributed by atoms with van der Waals surface area (Å²) in [5, 5.41) is 12.7. The van der Waals surface area contributed by atoms with Gasteiger partial charge < -0.3 is 19.9 Å². The Labute approximate surface area is 227 Å². The second-order valence-corrected chi connectivity index (χ2v) is 9.19. The summed E-state index contributed by atoms with van der Waals surface area (Å²) >= 11 is 0. The van der Waals surface area contributed by atoms with E-state index >= 15 is 0 Å². The van der Waals surface area contributed by atoms with Gasteiger partial charge in [0, 0.05) is 50.3 Å². The van der Waals surface area contributed by atoms with Crippen LogP contribution in [0.5, 0.6) is 5.75 Å². The lowest BCUT2D eigenvalue weighted by Gasteiger charge is -2.20. The average molecular weight is 565 g/mol. The number of ether oxygens (including phenoxy) is 2. The van der Waals surface area contributed by atoms with Crippen LogP contribution in [0.15, 0.2) is 36.4 Å². The maximum absolute atomic E-state index is 13.9. The number of nitrogens with zero attached hydrogens (tertiary/aromatic N) is 1. The van der Waals surface area contributed by atoms with E-state index in [-0.39, 0.29) is 36.9 Å². The SMILES string of the molecule is CCO[C@@H](Cc1ccc(OCCCN[C@@H]2C3CN(Cc4cc(F)c(F)cc4F)C[C@H]32)cc1)C(=O)O.Cl.Cl. The van der Waals surface area contributed by atoms with Crippen LogP contribution in [0.25, 0.3) is 0 Å². The van der Waals surface area contributed by atoms with E-state index in [0.717, 1.165) is 43.4 Å². The molecule has 37 heavy (non-hydrogen) atoms. The van der Waals surface area contributed by atoms with Crippen LogP contribution in [0, 0.1) is 29.3 Å². The molecule has 206 valence electrons. The standard InChI is InChI=1S/C26H31F3N2O4.2ClH/c1-2-34-24(26(32)33)10-16-4-6-18(7-5-16)35-9-3-8-30-25-19-14-31(15-20(19)25)13-17-11-22(28)23(29)12-21(17)27;;/h4-7,11-12,19-20,24-25,30H,2-3,8-10,13-15H2,1H3,(H,32,33);2*1H/t19-,20?,24+,25+;;/m1../s1. The van der Waals surface area contributed by atoms with Gasteiger partial charge in [-0.15, -0.1) is 24.8 Å². The molecule has 2 aliphatic rings. The zero-order valence-corrected chi connectivity index (χ0v) is 22.1. The average Bonchev–Trinajstić information content (AvgIpc) is 3.27. The first-order valence-electron chi connectivity index (χ1n) is 12.0. The number of carbonyl (C=O) groups is 1. The highest BCUT2D eigenvalue weighted by Crippen LogP contribution is 2.45. The molecule has 2 aromatic carbocycles. The van der Waals surface area contributed by atoms with Gasteiger partial charge in [0.1, 0.15) is 11.6 Å². The van der Waals surface area contributed by atoms with Gasteiger partial charge in [0.2, 0.25) is 0 Å². The number of aliphatic carboxylic acids is 1. The Hall–Kier alpha value is -2.04. The summed E-state index contributed by atoms with van der Waals surface area (Å²) in [6.45, 7) is 5.43. The van der Waals surface area contributed by atoms with Gasteiger partial charge >= 0.3 is 5.97 Å². The third-order valence-electron chi connectivity index (χ3n) is 6.71. The molecular formula is C26H33Cl2F3N2O4. The van der Waals surface area contributed by atoms with E-state index in [1.54, 1.807) is 6.92 Å². The summed E-state index contributed by atoms with van der Waals surface area (Å²) in [7, 11) is 0. The lowest BCUT2D eigenvalue weighted by atomic mass is 10.1. The molecule has 0 aromatic heterocycles. The Balaban J connectivity index is 0.00000241. The zero-order chi connectivity index (χ0) is 24.9. The summed E-state index contributed by atoms with van der Waals surface area (Å²) < 4.78 is 51.4. The van der Waals surface area contributed by atoms with Gasteiger partial charge in [0.25, 0.3) is 0 Å². The first-order valence-corrected chi connectivity index (χ1v) is 12.0. The molecule has 6 nitrogen and oxygen atoms in total. The first kappa shape index (κ1) is 31.2. The molecule has 0 bridgehead atoms. The van der Waals surface area contributed by atoms with Crippen molar-refractivity contribution in [1.29, 1.82) is 0 Å². The van der Waals surface area contributed by atoms with Crippen LogP contribution >= 0.6 is 24.8 Å². The molecule has 0 radical (unpaired) electrons. The predicted molar refractivity (Wildman–Crippen MR) is 138 cm³/mol. The highest BCUT2D eigenvalue weighted by molar-refractivity contribution is 5.85. The van der Waals surface area contributed by atoms with Gasteiger partial charge in [-0.1, -0.05) is 12.1 Å². The number of likely N-dealkylation sites (tertiary alicyclic amines) is 1. The molecule has 1 aliphatic heterocycles. The van der Waals surface area contributed by atoms with Crippen LogP contribution in [0.1, 0.15) is 24.5 Å². The Morgan fingerprint density at radius 1 is 1.08 bits per heavy atom. The number of hydrogen-bond donors (Lipinski definition) is 2. The van der Waals surface area contributed by atoms with E-state index in [1.807, 2.05) is 24.3 Å². The maximum atomic E-state index is 13.9. The van der Waals surface area contributed by atoms with E-state index in [9.17, 15) is 23.1 Å². The van der Waals surface area contributed by atoms with Crippen LogP contribution in [0.2, 0.25) is 0 Å². The van der Waals surface area contributed by atoms with Crippen LogP contribution in [-0.4, -0.2) is 61.0 Å². The fraction of sp³-hybridized carbons (Fsp3) is 0.500. The first-order chi connectivity index (χ1) is 16.9. The normalized spacial score (nSPS) is 20.9. The number of benzene rings is 2. The lowest BCUT2D eigenvalue weighted by molar-refractivity contribution is -0.149. The molecule has 2 N–H and O–H groups in total.